The van der Waals surface area contributed by atoms with Gasteiger partial charge in [-0.1, -0.05) is 30.3 Å². The first kappa shape index (κ1) is 22.3. The maximum absolute atomic E-state index is 13.2. The summed E-state index contributed by atoms with van der Waals surface area (Å²) in [5.74, 6) is 0.693. The number of aromatic nitrogens is 3. The van der Waals surface area contributed by atoms with Crippen molar-refractivity contribution in [2.75, 3.05) is 32.8 Å². The van der Waals surface area contributed by atoms with E-state index in [2.05, 4.69) is 22.2 Å². The van der Waals surface area contributed by atoms with E-state index in [1.807, 2.05) is 40.3 Å². The Kier molecular flexibility index (Phi) is 6.40. The van der Waals surface area contributed by atoms with E-state index in [4.69, 9.17) is 4.74 Å². The predicted molar refractivity (Wildman–Crippen MR) is 127 cm³/mol. The lowest BCUT2D eigenvalue weighted by molar-refractivity contribution is -0.165. The van der Waals surface area contributed by atoms with Gasteiger partial charge in [0.2, 0.25) is 5.91 Å². The molecule has 2 aliphatic rings. The molecule has 0 N–H and O–H groups in total. The lowest BCUT2D eigenvalue weighted by atomic mass is 9.92. The first-order valence-corrected chi connectivity index (χ1v) is 11.8. The Hall–Kier alpha value is -3.52. The van der Waals surface area contributed by atoms with Crippen molar-refractivity contribution in [1.29, 1.82) is 0 Å². The highest BCUT2D eigenvalue weighted by atomic mass is 16.5. The van der Waals surface area contributed by atoms with Gasteiger partial charge in [-0.2, -0.15) is 5.10 Å². The highest BCUT2D eigenvalue weighted by Gasteiger charge is 2.41. The Balaban J connectivity index is 1.21. The van der Waals surface area contributed by atoms with Gasteiger partial charge in [-0.3, -0.25) is 9.59 Å². The number of nitrogens with zero attached hydrogens (tertiary/aromatic N) is 5. The van der Waals surface area contributed by atoms with E-state index < -0.39 is 0 Å². The van der Waals surface area contributed by atoms with E-state index in [0.717, 1.165) is 19.3 Å². The second kappa shape index (κ2) is 9.77. The smallest absolute Gasteiger partial charge is 0.255 e. The molecular weight excluding hydrogens is 430 g/mol. The molecule has 176 valence electrons. The average Bonchev–Trinajstić information content (AvgIpc) is 3.34. The topological polar surface area (TPSA) is 80.6 Å². The standard InChI is InChI=1S/C26H29N5O3/c32-24-19-34-26(20-30(24)16-10-21-6-2-1-3-7-21)11-4-14-29(17-12-26)25(33)22-8-9-23(27-18-22)31-15-5-13-28-31/h1-3,5-9,13,15,18H,4,10-12,14,16-17,19-20H2/t26-/m0/s1. The summed E-state index contributed by atoms with van der Waals surface area (Å²) in [5, 5.41) is 4.17. The first-order valence-electron chi connectivity index (χ1n) is 11.8. The number of morpholine rings is 1. The van der Waals surface area contributed by atoms with Gasteiger partial charge >= 0.3 is 0 Å². The van der Waals surface area contributed by atoms with Crippen LogP contribution in [0.2, 0.25) is 0 Å². The molecule has 0 saturated carbocycles. The minimum atomic E-state index is -0.387. The minimum Gasteiger partial charge on any atom is -0.363 e. The number of pyridine rings is 1. The van der Waals surface area contributed by atoms with Crippen molar-refractivity contribution < 1.29 is 14.3 Å². The molecule has 2 aromatic heterocycles. The zero-order chi connectivity index (χ0) is 23.4. The van der Waals surface area contributed by atoms with Crippen molar-refractivity contribution in [3.05, 3.63) is 78.2 Å². The maximum atomic E-state index is 13.2. The molecule has 0 unspecified atom stereocenters. The molecule has 2 amide bonds. The summed E-state index contributed by atoms with van der Waals surface area (Å²) in [6.07, 6.45) is 8.34. The molecule has 1 spiro atoms. The van der Waals surface area contributed by atoms with Crippen LogP contribution in [0.15, 0.2) is 67.1 Å². The number of carbonyl (C=O) groups excluding carboxylic acids is 2. The molecule has 3 aromatic rings. The summed E-state index contributed by atoms with van der Waals surface area (Å²) >= 11 is 0. The predicted octanol–water partition coefficient (Wildman–Crippen LogP) is 2.73. The maximum Gasteiger partial charge on any atom is 0.255 e. The van der Waals surface area contributed by atoms with Gasteiger partial charge in [-0.15, -0.1) is 0 Å². The number of benzene rings is 1. The van der Waals surface area contributed by atoms with Gasteiger partial charge in [-0.25, -0.2) is 9.67 Å². The summed E-state index contributed by atoms with van der Waals surface area (Å²) in [5.41, 5.74) is 1.40. The second-order valence-corrected chi connectivity index (χ2v) is 9.02. The Labute approximate surface area is 199 Å². The van der Waals surface area contributed by atoms with Crippen molar-refractivity contribution in [1.82, 2.24) is 24.6 Å². The summed E-state index contributed by atoms with van der Waals surface area (Å²) in [6.45, 7) is 2.65. The van der Waals surface area contributed by atoms with Crippen LogP contribution in [0.3, 0.4) is 0 Å². The fourth-order valence-electron chi connectivity index (χ4n) is 4.81. The Bertz CT molecular complexity index is 1120. The third kappa shape index (κ3) is 4.87. The lowest BCUT2D eigenvalue weighted by Gasteiger charge is -2.42. The van der Waals surface area contributed by atoms with Gasteiger partial charge in [-0.05, 0) is 49.4 Å². The van der Waals surface area contributed by atoms with Gasteiger partial charge in [0.25, 0.3) is 5.91 Å². The van der Waals surface area contributed by atoms with Crippen LogP contribution in [-0.4, -0.2) is 74.8 Å². The highest BCUT2D eigenvalue weighted by Crippen LogP contribution is 2.31. The molecule has 2 saturated heterocycles. The summed E-state index contributed by atoms with van der Waals surface area (Å²) < 4.78 is 7.78. The van der Waals surface area contributed by atoms with Crippen molar-refractivity contribution in [3.8, 4) is 5.82 Å². The molecule has 4 heterocycles. The van der Waals surface area contributed by atoms with E-state index >= 15 is 0 Å². The second-order valence-electron chi connectivity index (χ2n) is 9.02. The molecule has 8 heteroatoms. The molecule has 34 heavy (non-hydrogen) atoms. The number of hydrogen-bond donors (Lipinski definition) is 0. The molecule has 8 nitrogen and oxygen atoms in total. The van der Waals surface area contributed by atoms with Crippen molar-refractivity contribution in [3.63, 3.8) is 0 Å². The first-order chi connectivity index (χ1) is 16.6. The molecular formula is C26H29N5O3. The van der Waals surface area contributed by atoms with Gasteiger partial charge < -0.3 is 14.5 Å². The number of likely N-dealkylation sites (tertiary alicyclic amines) is 1. The summed E-state index contributed by atoms with van der Waals surface area (Å²) in [7, 11) is 0. The van der Waals surface area contributed by atoms with Crippen LogP contribution in [0, 0.1) is 0 Å². The van der Waals surface area contributed by atoms with Crippen LogP contribution in [-0.2, 0) is 16.0 Å². The Morgan fingerprint density at radius 3 is 2.71 bits per heavy atom. The molecule has 1 aromatic carbocycles. The quantitative estimate of drug-likeness (QED) is 0.586. The van der Waals surface area contributed by atoms with Crippen LogP contribution >= 0.6 is 0 Å². The van der Waals surface area contributed by atoms with Gasteiger partial charge in [0.1, 0.15) is 6.61 Å². The fraction of sp³-hybridized carbons (Fsp3) is 0.385. The van der Waals surface area contributed by atoms with E-state index in [9.17, 15) is 9.59 Å². The van der Waals surface area contributed by atoms with Crippen LogP contribution in [0.4, 0.5) is 0 Å². The van der Waals surface area contributed by atoms with E-state index in [1.165, 1.54) is 5.56 Å². The number of carbonyl (C=O) groups is 2. The van der Waals surface area contributed by atoms with E-state index in [0.29, 0.717) is 44.0 Å². The third-order valence-corrected chi connectivity index (χ3v) is 6.77. The van der Waals surface area contributed by atoms with Crippen molar-refractivity contribution in [2.24, 2.45) is 0 Å². The largest absolute Gasteiger partial charge is 0.363 e. The molecule has 2 fully saturated rings. The highest BCUT2D eigenvalue weighted by molar-refractivity contribution is 5.94. The SMILES string of the molecule is O=C1CO[C@]2(CCCN(C(=O)c3ccc(-n4cccn4)nc3)CC2)CN1CCc1ccccc1. The average molecular weight is 460 g/mol. The van der Waals surface area contributed by atoms with Gasteiger partial charge in [0.15, 0.2) is 5.82 Å². The summed E-state index contributed by atoms with van der Waals surface area (Å²) in [4.78, 5) is 33.9. The molecule has 0 aliphatic carbocycles. The van der Waals surface area contributed by atoms with Crippen LogP contribution in [0.1, 0.15) is 35.2 Å². The normalized spacial score (nSPS) is 21.0. The van der Waals surface area contributed by atoms with Gasteiger partial charge in [0.05, 0.1) is 11.2 Å². The number of amides is 2. The molecule has 2 aliphatic heterocycles. The number of rotatable bonds is 5. The van der Waals surface area contributed by atoms with E-state index in [1.54, 1.807) is 29.2 Å². The number of hydrogen-bond acceptors (Lipinski definition) is 5. The van der Waals surface area contributed by atoms with E-state index in [-0.39, 0.29) is 24.0 Å². The monoisotopic (exact) mass is 459 g/mol. The van der Waals surface area contributed by atoms with Crippen LogP contribution < -0.4 is 0 Å². The summed E-state index contributed by atoms with van der Waals surface area (Å²) in [6, 6.07) is 15.7. The van der Waals surface area contributed by atoms with Crippen LogP contribution in [0.25, 0.3) is 5.82 Å². The fourth-order valence-corrected chi connectivity index (χ4v) is 4.81. The lowest BCUT2D eigenvalue weighted by Crippen LogP contribution is -2.55. The van der Waals surface area contributed by atoms with Crippen LogP contribution in [0.5, 0.6) is 0 Å². The number of ether oxygens (including phenoxy) is 1. The molecule has 0 bridgehead atoms. The molecule has 5 rings (SSSR count). The Morgan fingerprint density at radius 2 is 1.94 bits per heavy atom. The zero-order valence-corrected chi connectivity index (χ0v) is 19.2. The molecule has 0 radical (unpaired) electrons. The molecule has 1 atom stereocenters. The van der Waals surface area contributed by atoms with Gasteiger partial charge in [0, 0.05) is 44.8 Å². The van der Waals surface area contributed by atoms with Crippen molar-refractivity contribution >= 4 is 11.8 Å². The minimum absolute atomic E-state index is 0.0237. The Morgan fingerprint density at radius 1 is 1.06 bits per heavy atom. The third-order valence-electron chi connectivity index (χ3n) is 6.77. The zero-order valence-electron chi connectivity index (χ0n) is 19.2. The van der Waals surface area contributed by atoms with Crippen molar-refractivity contribution in [2.45, 2.75) is 31.3 Å².